The van der Waals surface area contributed by atoms with Crippen LogP contribution in [0.4, 0.5) is 4.39 Å². The van der Waals surface area contributed by atoms with Crippen molar-refractivity contribution in [2.24, 2.45) is 0 Å². The molecule has 1 aromatic heterocycles. The van der Waals surface area contributed by atoms with E-state index in [1.165, 1.54) is 6.07 Å². The fourth-order valence-electron chi connectivity index (χ4n) is 1.67. The van der Waals surface area contributed by atoms with Crippen LogP contribution in [0.15, 0.2) is 34.9 Å². The van der Waals surface area contributed by atoms with Crippen LogP contribution >= 0.6 is 0 Å². The van der Waals surface area contributed by atoms with E-state index in [0.717, 1.165) is 6.54 Å². The lowest BCUT2D eigenvalue weighted by Gasteiger charge is -2.06. The summed E-state index contributed by atoms with van der Waals surface area (Å²) in [6.45, 7) is 4.80. The molecule has 1 aromatic carbocycles. The number of hydrogen-bond donors (Lipinski definition) is 1. The van der Waals surface area contributed by atoms with Crippen LogP contribution in [0.25, 0.3) is 11.3 Å². The van der Waals surface area contributed by atoms with Gasteiger partial charge in [0.1, 0.15) is 5.82 Å². The van der Waals surface area contributed by atoms with Gasteiger partial charge in [0.2, 0.25) is 5.89 Å². The van der Waals surface area contributed by atoms with Gasteiger partial charge in [0, 0.05) is 0 Å². The van der Waals surface area contributed by atoms with Crippen molar-refractivity contribution < 1.29 is 8.81 Å². The van der Waals surface area contributed by atoms with Gasteiger partial charge in [-0.1, -0.05) is 19.1 Å². The molecule has 0 aliphatic carbocycles. The zero-order valence-electron chi connectivity index (χ0n) is 9.90. The highest BCUT2D eigenvalue weighted by atomic mass is 19.1. The molecule has 0 aliphatic rings. The van der Waals surface area contributed by atoms with Crippen molar-refractivity contribution in [2.75, 3.05) is 6.54 Å². The van der Waals surface area contributed by atoms with Crippen molar-refractivity contribution in [1.82, 2.24) is 10.3 Å². The van der Waals surface area contributed by atoms with Gasteiger partial charge >= 0.3 is 0 Å². The summed E-state index contributed by atoms with van der Waals surface area (Å²) in [5.74, 6) is 0.735. The molecule has 2 rings (SSSR count). The van der Waals surface area contributed by atoms with Gasteiger partial charge in [-0.25, -0.2) is 9.37 Å². The maximum absolute atomic E-state index is 13.5. The van der Waals surface area contributed by atoms with Crippen LogP contribution in [-0.4, -0.2) is 11.5 Å². The number of nitrogens with zero attached hydrogens (tertiary/aromatic N) is 1. The number of oxazole rings is 1. The number of nitrogens with one attached hydrogen (secondary N) is 1. The first-order valence-electron chi connectivity index (χ1n) is 5.66. The van der Waals surface area contributed by atoms with E-state index >= 15 is 0 Å². The van der Waals surface area contributed by atoms with Gasteiger partial charge < -0.3 is 9.73 Å². The summed E-state index contributed by atoms with van der Waals surface area (Å²) in [5, 5.41) is 3.19. The Hall–Kier alpha value is -1.68. The zero-order valence-corrected chi connectivity index (χ0v) is 9.90. The van der Waals surface area contributed by atoms with E-state index in [4.69, 9.17) is 4.42 Å². The normalized spacial score (nSPS) is 12.6. The summed E-state index contributed by atoms with van der Waals surface area (Å²) >= 11 is 0. The number of halogens is 1. The Kier molecular flexibility index (Phi) is 3.54. The van der Waals surface area contributed by atoms with E-state index in [0.29, 0.717) is 17.2 Å². The van der Waals surface area contributed by atoms with Crippen LogP contribution in [0.5, 0.6) is 0 Å². The molecule has 0 fully saturated rings. The van der Waals surface area contributed by atoms with Crippen molar-refractivity contribution in [2.45, 2.75) is 19.9 Å². The summed E-state index contributed by atoms with van der Waals surface area (Å²) in [5.41, 5.74) is 0.440. The third-order valence-corrected chi connectivity index (χ3v) is 2.54. The summed E-state index contributed by atoms with van der Waals surface area (Å²) in [6.07, 6.45) is 1.56. The molecule has 0 bridgehead atoms. The number of hydrogen-bond acceptors (Lipinski definition) is 3. The van der Waals surface area contributed by atoms with Gasteiger partial charge in [-0.15, -0.1) is 0 Å². The molecule has 17 heavy (non-hydrogen) atoms. The third kappa shape index (κ3) is 2.53. The Morgan fingerprint density at radius 2 is 2.18 bits per heavy atom. The topological polar surface area (TPSA) is 38.1 Å². The average Bonchev–Trinajstić information content (AvgIpc) is 2.79. The second-order valence-electron chi connectivity index (χ2n) is 3.82. The predicted octanol–water partition coefficient (Wildman–Crippen LogP) is 3.15. The summed E-state index contributed by atoms with van der Waals surface area (Å²) in [7, 11) is 0. The molecule has 3 nitrogen and oxygen atoms in total. The van der Waals surface area contributed by atoms with Crippen LogP contribution in [0.1, 0.15) is 25.8 Å². The van der Waals surface area contributed by atoms with Crippen molar-refractivity contribution in [3.63, 3.8) is 0 Å². The van der Waals surface area contributed by atoms with Crippen LogP contribution in [-0.2, 0) is 0 Å². The fraction of sp³-hybridized carbons (Fsp3) is 0.308. The van der Waals surface area contributed by atoms with E-state index in [-0.39, 0.29) is 11.9 Å². The van der Waals surface area contributed by atoms with Crippen LogP contribution < -0.4 is 5.32 Å². The average molecular weight is 234 g/mol. The molecule has 0 aliphatic heterocycles. The fourth-order valence-corrected chi connectivity index (χ4v) is 1.67. The van der Waals surface area contributed by atoms with Gasteiger partial charge in [-0.3, -0.25) is 0 Å². The SMILES string of the molecule is CCNC(C)c1ncc(-c2ccccc2F)o1. The highest BCUT2D eigenvalue weighted by Crippen LogP contribution is 2.25. The van der Waals surface area contributed by atoms with Gasteiger partial charge in [0.15, 0.2) is 5.76 Å². The maximum Gasteiger partial charge on any atom is 0.211 e. The minimum atomic E-state index is -0.300. The maximum atomic E-state index is 13.5. The lowest BCUT2D eigenvalue weighted by molar-refractivity contribution is 0.427. The van der Waals surface area contributed by atoms with Crippen LogP contribution in [0, 0.1) is 5.82 Å². The second-order valence-corrected chi connectivity index (χ2v) is 3.82. The summed E-state index contributed by atoms with van der Waals surface area (Å²) in [4.78, 5) is 4.16. The first-order valence-corrected chi connectivity index (χ1v) is 5.66. The first kappa shape index (κ1) is 11.8. The van der Waals surface area contributed by atoms with Gasteiger partial charge in [0.25, 0.3) is 0 Å². The Balaban J connectivity index is 2.27. The van der Waals surface area contributed by atoms with E-state index in [1.54, 1.807) is 24.4 Å². The van der Waals surface area contributed by atoms with Crippen LogP contribution in [0.3, 0.4) is 0 Å². The Bertz CT molecular complexity index is 496. The number of rotatable bonds is 4. The molecule has 1 atom stereocenters. The molecule has 1 heterocycles. The van der Waals surface area contributed by atoms with Gasteiger partial charge in [0.05, 0.1) is 17.8 Å². The van der Waals surface area contributed by atoms with E-state index in [2.05, 4.69) is 10.3 Å². The lowest BCUT2D eigenvalue weighted by Crippen LogP contribution is -2.17. The molecular weight excluding hydrogens is 219 g/mol. The molecule has 0 amide bonds. The monoisotopic (exact) mass is 234 g/mol. The van der Waals surface area contributed by atoms with Gasteiger partial charge in [-0.2, -0.15) is 0 Å². The molecule has 4 heteroatoms. The standard InChI is InChI=1S/C13H15FN2O/c1-3-15-9(2)13-16-8-12(17-13)10-6-4-5-7-11(10)14/h4-9,15H,3H2,1-2H3. The van der Waals surface area contributed by atoms with Crippen molar-refractivity contribution >= 4 is 0 Å². The predicted molar refractivity (Wildman–Crippen MR) is 64.0 cm³/mol. The largest absolute Gasteiger partial charge is 0.439 e. The second kappa shape index (κ2) is 5.10. The molecule has 0 spiro atoms. The van der Waals surface area contributed by atoms with E-state index in [1.807, 2.05) is 13.8 Å². The number of benzene rings is 1. The van der Waals surface area contributed by atoms with Gasteiger partial charge in [-0.05, 0) is 25.6 Å². The number of aromatic nitrogens is 1. The third-order valence-electron chi connectivity index (χ3n) is 2.54. The molecule has 1 N–H and O–H groups in total. The first-order chi connectivity index (χ1) is 8.22. The minimum absolute atomic E-state index is 0.0283. The highest BCUT2D eigenvalue weighted by Gasteiger charge is 2.14. The highest BCUT2D eigenvalue weighted by molar-refractivity contribution is 5.56. The van der Waals surface area contributed by atoms with Crippen molar-refractivity contribution in [3.8, 4) is 11.3 Å². The lowest BCUT2D eigenvalue weighted by atomic mass is 10.2. The molecule has 0 radical (unpaired) electrons. The smallest absolute Gasteiger partial charge is 0.211 e. The Labute approximate surface area is 99.7 Å². The molecule has 2 aromatic rings. The van der Waals surface area contributed by atoms with Crippen molar-refractivity contribution in [1.29, 1.82) is 0 Å². The Morgan fingerprint density at radius 1 is 1.41 bits per heavy atom. The molecule has 0 saturated heterocycles. The molecule has 0 saturated carbocycles. The minimum Gasteiger partial charge on any atom is -0.439 e. The van der Waals surface area contributed by atoms with E-state index < -0.39 is 0 Å². The summed E-state index contributed by atoms with van der Waals surface area (Å²) in [6, 6.07) is 6.54. The summed E-state index contributed by atoms with van der Waals surface area (Å²) < 4.78 is 19.1. The van der Waals surface area contributed by atoms with Crippen molar-refractivity contribution in [3.05, 3.63) is 42.2 Å². The molecule has 1 unspecified atom stereocenters. The quantitative estimate of drug-likeness (QED) is 0.883. The molecule has 90 valence electrons. The Morgan fingerprint density at radius 3 is 2.88 bits per heavy atom. The zero-order chi connectivity index (χ0) is 12.3. The van der Waals surface area contributed by atoms with E-state index in [9.17, 15) is 4.39 Å². The van der Waals surface area contributed by atoms with Crippen LogP contribution in [0.2, 0.25) is 0 Å². The molecular formula is C13H15FN2O.